The van der Waals surface area contributed by atoms with Crippen molar-refractivity contribution in [3.05, 3.63) is 24.2 Å². The van der Waals surface area contributed by atoms with E-state index in [0.29, 0.717) is 24.3 Å². The number of aryl methyl sites for hydroxylation is 1. The molecule has 8 nitrogen and oxygen atoms in total. The fourth-order valence-electron chi connectivity index (χ4n) is 2.85. The molecule has 0 spiro atoms. The fraction of sp³-hybridized carbons (Fsp3) is 0.556. The van der Waals surface area contributed by atoms with Gasteiger partial charge in [0.25, 0.3) is 5.88 Å². The Kier molecular flexibility index (Phi) is 5.70. The van der Waals surface area contributed by atoms with Gasteiger partial charge in [0, 0.05) is 50.3 Å². The second kappa shape index (κ2) is 8.16. The van der Waals surface area contributed by atoms with Crippen LogP contribution < -0.4 is 19.3 Å². The average Bonchev–Trinajstić information content (AvgIpc) is 2.62. The van der Waals surface area contributed by atoms with Crippen LogP contribution in [-0.4, -0.2) is 58.8 Å². The van der Waals surface area contributed by atoms with Gasteiger partial charge in [0.05, 0.1) is 12.7 Å². The van der Waals surface area contributed by atoms with Crippen molar-refractivity contribution in [2.24, 2.45) is 0 Å². The molecule has 1 aliphatic rings. The van der Waals surface area contributed by atoms with E-state index in [1.54, 1.807) is 12.4 Å². The predicted octanol–water partition coefficient (Wildman–Crippen LogP) is 2.09. The molecule has 0 radical (unpaired) electrons. The van der Waals surface area contributed by atoms with Gasteiger partial charge in [-0.15, -0.1) is 0 Å². The molecule has 0 N–H and O–H groups in total. The summed E-state index contributed by atoms with van der Waals surface area (Å²) >= 11 is 0. The third-order valence-electron chi connectivity index (χ3n) is 3.97. The zero-order valence-electron chi connectivity index (χ0n) is 15.8. The molecule has 8 heteroatoms. The van der Waals surface area contributed by atoms with Gasteiger partial charge in [0.1, 0.15) is 0 Å². The van der Waals surface area contributed by atoms with Crippen LogP contribution in [0.25, 0.3) is 0 Å². The maximum absolute atomic E-state index is 5.80. The van der Waals surface area contributed by atoms with Crippen LogP contribution >= 0.6 is 0 Å². The predicted molar refractivity (Wildman–Crippen MR) is 100 cm³/mol. The minimum atomic E-state index is 0.0596. The van der Waals surface area contributed by atoms with Gasteiger partial charge >= 0.3 is 0 Å². The summed E-state index contributed by atoms with van der Waals surface area (Å²) in [7, 11) is 0. The van der Waals surface area contributed by atoms with Crippen molar-refractivity contribution in [3.8, 4) is 11.8 Å². The van der Waals surface area contributed by atoms with Crippen LogP contribution in [0.1, 0.15) is 26.5 Å². The molecule has 0 atom stereocenters. The second-order valence-electron chi connectivity index (χ2n) is 6.41. The fourth-order valence-corrected chi connectivity index (χ4v) is 2.85. The first-order valence-corrected chi connectivity index (χ1v) is 9.03. The molecule has 1 aliphatic heterocycles. The molecule has 1 fully saturated rings. The molecule has 0 aliphatic carbocycles. The topological polar surface area (TPSA) is 76.5 Å². The highest BCUT2D eigenvalue weighted by Gasteiger charge is 2.23. The summed E-state index contributed by atoms with van der Waals surface area (Å²) in [5.41, 5.74) is 0.905. The van der Waals surface area contributed by atoms with E-state index in [9.17, 15) is 0 Å². The maximum atomic E-state index is 5.80. The van der Waals surface area contributed by atoms with Crippen molar-refractivity contribution in [2.45, 2.75) is 33.8 Å². The van der Waals surface area contributed by atoms with E-state index < -0.39 is 0 Å². The highest BCUT2D eigenvalue weighted by atomic mass is 16.5. The van der Waals surface area contributed by atoms with Crippen molar-refractivity contribution < 1.29 is 9.47 Å². The molecule has 26 heavy (non-hydrogen) atoms. The first-order chi connectivity index (χ1) is 12.6. The minimum absolute atomic E-state index is 0.0596. The number of hydrogen-bond acceptors (Lipinski definition) is 8. The molecule has 140 valence electrons. The summed E-state index contributed by atoms with van der Waals surface area (Å²) in [5, 5.41) is 0. The second-order valence-corrected chi connectivity index (χ2v) is 6.41. The van der Waals surface area contributed by atoms with Gasteiger partial charge in [0.15, 0.2) is 5.82 Å². The van der Waals surface area contributed by atoms with E-state index in [0.717, 1.165) is 37.7 Å². The van der Waals surface area contributed by atoms with Gasteiger partial charge in [-0.25, -0.2) is 15.0 Å². The molecule has 3 heterocycles. The zero-order valence-corrected chi connectivity index (χ0v) is 15.8. The summed E-state index contributed by atoms with van der Waals surface area (Å²) in [4.78, 5) is 22.3. The van der Waals surface area contributed by atoms with Crippen LogP contribution in [0.3, 0.4) is 0 Å². The standard InChI is InChI=1S/C18H26N6O2/c1-5-25-15-12-14(4)21-18(22-15)24-10-8-23(9-11-24)16-17(26-13(2)3)20-7-6-19-16/h6-7,12-13H,5,8-11H2,1-4H3. The van der Waals surface area contributed by atoms with Crippen LogP contribution in [0.15, 0.2) is 18.5 Å². The number of ether oxygens (including phenoxy) is 2. The Morgan fingerprint density at radius 2 is 1.73 bits per heavy atom. The van der Waals surface area contributed by atoms with E-state index in [4.69, 9.17) is 9.47 Å². The Bertz CT molecular complexity index is 731. The van der Waals surface area contributed by atoms with Gasteiger partial charge in [-0.1, -0.05) is 0 Å². The summed E-state index contributed by atoms with van der Waals surface area (Å²) < 4.78 is 11.3. The molecular formula is C18H26N6O2. The minimum Gasteiger partial charge on any atom is -0.478 e. The number of nitrogens with zero attached hydrogens (tertiary/aromatic N) is 6. The molecule has 2 aromatic heterocycles. The molecule has 0 unspecified atom stereocenters. The van der Waals surface area contributed by atoms with E-state index in [-0.39, 0.29) is 6.10 Å². The Hall–Kier alpha value is -2.64. The average molecular weight is 358 g/mol. The number of piperazine rings is 1. The normalized spacial score (nSPS) is 14.7. The largest absolute Gasteiger partial charge is 0.478 e. The monoisotopic (exact) mass is 358 g/mol. The van der Waals surface area contributed by atoms with Crippen molar-refractivity contribution in [2.75, 3.05) is 42.6 Å². The van der Waals surface area contributed by atoms with E-state index in [2.05, 4.69) is 29.7 Å². The van der Waals surface area contributed by atoms with Crippen molar-refractivity contribution in [1.29, 1.82) is 0 Å². The zero-order chi connectivity index (χ0) is 18.5. The molecule has 3 rings (SSSR count). The number of anilines is 2. The summed E-state index contributed by atoms with van der Waals surface area (Å²) in [6.07, 6.45) is 3.42. The summed E-state index contributed by atoms with van der Waals surface area (Å²) in [6.45, 7) is 11.7. The number of rotatable bonds is 6. The van der Waals surface area contributed by atoms with Crippen LogP contribution in [0.5, 0.6) is 11.8 Å². The first kappa shape index (κ1) is 18.2. The van der Waals surface area contributed by atoms with E-state index in [1.165, 1.54) is 0 Å². The Labute approximate surface area is 154 Å². The molecule has 0 amide bonds. The third kappa shape index (κ3) is 4.30. The van der Waals surface area contributed by atoms with Gasteiger partial charge < -0.3 is 19.3 Å². The molecule has 0 bridgehead atoms. The van der Waals surface area contributed by atoms with Crippen molar-refractivity contribution >= 4 is 11.8 Å². The van der Waals surface area contributed by atoms with E-state index in [1.807, 2.05) is 33.8 Å². The molecule has 2 aromatic rings. The maximum Gasteiger partial charge on any atom is 0.257 e. The molecule has 1 saturated heterocycles. The molecule has 0 saturated carbocycles. The summed E-state index contributed by atoms with van der Waals surface area (Å²) in [6, 6.07) is 1.86. The highest BCUT2D eigenvalue weighted by Crippen LogP contribution is 2.25. The van der Waals surface area contributed by atoms with E-state index >= 15 is 0 Å². The van der Waals surface area contributed by atoms with Crippen LogP contribution in [-0.2, 0) is 0 Å². The smallest absolute Gasteiger partial charge is 0.257 e. The van der Waals surface area contributed by atoms with Crippen molar-refractivity contribution in [3.63, 3.8) is 0 Å². The number of aromatic nitrogens is 4. The lowest BCUT2D eigenvalue weighted by Gasteiger charge is -2.35. The van der Waals surface area contributed by atoms with Crippen LogP contribution in [0, 0.1) is 6.92 Å². The van der Waals surface area contributed by atoms with Crippen LogP contribution in [0.4, 0.5) is 11.8 Å². The van der Waals surface area contributed by atoms with Gasteiger partial charge in [-0.2, -0.15) is 4.98 Å². The van der Waals surface area contributed by atoms with Crippen LogP contribution in [0.2, 0.25) is 0 Å². The first-order valence-electron chi connectivity index (χ1n) is 9.03. The highest BCUT2D eigenvalue weighted by molar-refractivity contribution is 5.50. The lowest BCUT2D eigenvalue weighted by Crippen LogP contribution is -2.47. The Morgan fingerprint density at radius 1 is 1.04 bits per heavy atom. The molecule has 0 aromatic carbocycles. The third-order valence-corrected chi connectivity index (χ3v) is 3.97. The lowest BCUT2D eigenvalue weighted by molar-refractivity contribution is 0.232. The SMILES string of the molecule is CCOc1cc(C)nc(N2CCN(c3nccnc3OC(C)C)CC2)n1. The van der Waals surface area contributed by atoms with Crippen molar-refractivity contribution in [1.82, 2.24) is 19.9 Å². The van der Waals surface area contributed by atoms with Gasteiger partial charge in [0.2, 0.25) is 11.8 Å². The summed E-state index contributed by atoms with van der Waals surface area (Å²) in [5.74, 6) is 2.72. The van der Waals surface area contributed by atoms with Gasteiger partial charge in [-0.3, -0.25) is 0 Å². The Morgan fingerprint density at radius 3 is 2.42 bits per heavy atom. The van der Waals surface area contributed by atoms with Gasteiger partial charge in [-0.05, 0) is 27.7 Å². The molecular weight excluding hydrogens is 332 g/mol. The lowest BCUT2D eigenvalue weighted by atomic mass is 10.3. The Balaban J connectivity index is 1.70. The quantitative estimate of drug-likeness (QED) is 0.777. The number of hydrogen-bond donors (Lipinski definition) is 0.